The first-order valence-electron chi connectivity index (χ1n) is 15.7. The normalized spacial score (nSPS) is 23.0. The van der Waals surface area contributed by atoms with E-state index in [0.29, 0.717) is 56.3 Å². The van der Waals surface area contributed by atoms with Crippen molar-refractivity contribution in [1.29, 1.82) is 0 Å². The number of benzene rings is 2. The van der Waals surface area contributed by atoms with E-state index in [0.717, 1.165) is 43.2 Å². The number of nitrogens with two attached hydrogens (primary N) is 1. The lowest BCUT2D eigenvalue weighted by Crippen LogP contribution is -2.56. The van der Waals surface area contributed by atoms with Crippen LogP contribution in [0.15, 0.2) is 48.5 Å². The summed E-state index contributed by atoms with van der Waals surface area (Å²) < 4.78 is 5.60. The number of hydrogen-bond donors (Lipinski definition) is 2. The Hall–Kier alpha value is -2.90. The molecule has 3 aliphatic rings. The molecule has 0 aromatic heterocycles. The number of likely N-dealkylation sites (tertiary alicyclic amines) is 1. The zero-order valence-corrected chi connectivity index (χ0v) is 25.4. The molecule has 2 fully saturated rings. The Morgan fingerprint density at radius 2 is 1.71 bits per heavy atom. The summed E-state index contributed by atoms with van der Waals surface area (Å²) in [6.45, 7) is 3.15. The number of hydrogen-bond acceptors (Lipinski definition) is 5. The number of ether oxygens (including phenoxy) is 1. The minimum absolute atomic E-state index is 0.110. The van der Waals surface area contributed by atoms with E-state index >= 15 is 0 Å². The third kappa shape index (κ3) is 6.52. The molecule has 2 aromatic rings. The molecular weight excluding hydrogens is 550 g/mol. The van der Waals surface area contributed by atoms with E-state index in [1.165, 1.54) is 12.0 Å². The van der Waals surface area contributed by atoms with Gasteiger partial charge in [-0.1, -0.05) is 67.3 Å². The molecule has 3 atom stereocenters. The van der Waals surface area contributed by atoms with E-state index in [9.17, 15) is 14.4 Å². The zero-order valence-electron chi connectivity index (χ0n) is 24.7. The molecule has 2 aliphatic carbocycles. The third-order valence-electron chi connectivity index (χ3n) is 9.91. The number of nitrogens with zero attached hydrogens (tertiary/aromatic N) is 1. The Labute approximate surface area is 254 Å². The highest BCUT2D eigenvalue weighted by Crippen LogP contribution is 2.47. The number of halogens is 1. The molecule has 1 saturated carbocycles. The molecular formula is C34H44ClN3O4. The maximum Gasteiger partial charge on any atom is 0.312 e. The standard InChI is InChI=1S/C34H44ClN3O4/c1-2-42-33(41)34(25-9-4-3-5-10-25)18-20-38(21-19-34)32(40)29(22-23-12-15-26(35)16-13-23)37-31(39)28-17-14-24-8-6-7-11-27(24)30(28)36/h6-8,11-13,15-16,25,28-30H,2-5,9-10,14,17-22,36H2,1H3,(H,37,39)/t28?,29-,30-/m1/s1. The molecule has 1 unspecified atom stereocenters. The van der Waals surface area contributed by atoms with Crippen molar-refractivity contribution < 1.29 is 19.1 Å². The highest BCUT2D eigenvalue weighted by Gasteiger charge is 2.49. The number of aryl methyl sites for hydroxylation is 1. The van der Waals surface area contributed by atoms with Crippen LogP contribution in [0, 0.1) is 17.3 Å². The van der Waals surface area contributed by atoms with E-state index in [-0.39, 0.29) is 17.8 Å². The molecule has 7 nitrogen and oxygen atoms in total. The average molecular weight is 594 g/mol. The highest BCUT2D eigenvalue weighted by molar-refractivity contribution is 6.30. The Morgan fingerprint density at radius 3 is 2.40 bits per heavy atom. The summed E-state index contributed by atoms with van der Waals surface area (Å²) >= 11 is 6.12. The van der Waals surface area contributed by atoms with Gasteiger partial charge in [0.2, 0.25) is 11.8 Å². The van der Waals surface area contributed by atoms with Crippen molar-refractivity contribution >= 4 is 29.4 Å². The summed E-state index contributed by atoms with van der Waals surface area (Å²) in [5.41, 5.74) is 9.15. The van der Waals surface area contributed by atoms with Gasteiger partial charge in [-0.15, -0.1) is 0 Å². The Morgan fingerprint density at radius 1 is 1.02 bits per heavy atom. The van der Waals surface area contributed by atoms with Crippen molar-refractivity contribution in [3.8, 4) is 0 Å². The summed E-state index contributed by atoms with van der Waals surface area (Å²) in [4.78, 5) is 42.9. The van der Waals surface area contributed by atoms with Crippen molar-refractivity contribution in [3.05, 3.63) is 70.2 Å². The van der Waals surface area contributed by atoms with Crippen LogP contribution in [0.3, 0.4) is 0 Å². The lowest BCUT2D eigenvalue weighted by molar-refractivity contribution is -0.166. The predicted molar refractivity (Wildman–Crippen MR) is 164 cm³/mol. The molecule has 42 heavy (non-hydrogen) atoms. The second-order valence-corrected chi connectivity index (χ2v) is 12.7. The van der Waals surface area contributed by atoms with Gasteiger partial charge in [0.15, 0.2) is 0 Å². The number of carbonyl (C=O) groups is 3. The van der Waals surface area contributed by atoms with Crippen molar-refractivity contribution in [2.75, 3.05) is 19.7 Å². The molecule has 8 heteroatoms. The van der Waals surface area contributed by atoms with Crippen LogP contribution in [0.4, 0.5) is 0 Å². The molecule has 0 bridgehead atoms. The second-order valence-electron chi connectivity index (χ2n) is 12.3. The van der Waals surface area contributed by atoms with Crippen molar-refractivity contribution in [3.63, 3.8) is 0 Å². The Kier molecular flexibility index (Phi) is 9.89. The number of rotatable bonds is 8. The van der Waals surface area contributed by atoms with Crippen LogP contribution in [0.1, 0.15) is 81.0 Å². The van der Waals surface area contributed by atoms with Crippen molar-refractivity contribution in [2.24, 2.45) is 23.0 Å². The third-order valence-corrected chi connectivity index (χ3v) is 10.2. The molecule has 0 radical (unpaired) electrons. The van der Waals surface area contributed by atoms with E-state index in [4.69, 9.17) is 22.1 Å². The van der Waals surface area contributed by atoms with E-state index in [1.54, 1.807) is 12.1 Å². The SMILES string of the molecule is CCOC(=O)C1(C2CCCCC2)CCN(C(=O)[C@@H](Cc2ccc(Cl)cc2)NC(=O)C2CCc3ccccc3[C@H]2N)CC1. The van der Waals surface area contributed by atoms with Gasteiger partial charge in [-0.2, -0.15) is 0 Å². The van der Waals surface area contributed by atoms with Crippen LogP contribution in [0.2, 0.25) is 5.02 Å². The van der Waals surface area contributed by atoms with Crippen molar-refractivity contribution in [2.45, 2.75) is 83.2 Å². The Balaban J connectivity index is 1.32. The number of amides is 2. The fraction of sp³-hybridized carbons (Fsp3) is 0.559. The molecule has 5 rings (SSSR count). The van der Waals surface area contributed by atoms with Gasteiger partial charge in [0.1, 0.15) is 6.04 Å². The van der Waals surface area contributed by atoms with Crippen LogP contribution in [0.25, 0.3) is 0 Å². The van der Waals surface area contributed by atoms with E-state index in [1.807, 2.05) is 42.2 Å². The number of carbonyl (C=O) groups excluding carboxylic acids is 3. The van der Waals surface area contributed by atoms with Gasteiger partial charge in [0.05, 0.1) is 17.9 Å². The smallest absolute Gasteiger partial charge is 0.312 e. The summed E-state index contributed by atoms with van der Waals surface area (Å²) in [5.74, 6) is -0.539. The van der Waals surface area contributed by atoms with Gasteiger partial charge in [0.25, 0.3) is 0 Å². The molecule has 2 aromatic carbocycles. The van der Waals surface area contributed by atoms with Gasteiger partial charge in [-0.3, -0.25) is 14.4 Å². The molecule has 1 saturated heterocycles. The molecule has 1 heterocycles. The number of nitrogens with one attached hydrogen (secondary N) is 1. The first kappa shape index (κ1) is 30.6. The van der Waals surface area contributed by atoms with Crippen LogP contribution in [-0.2, 0) is 32.0 Å². The van der Waals surface area contributed by atoms with Crippen LogP contribution < -0.4 is 11.1 Å². The maximum absolute atomic E-state index is 14.1. The largest absolute Gasteiger partial charge is 0.466 e. The lowest BCUT2D eigenvalue weighted by Gasteiger charge is -2.46. The number of esters is 1. The van der Waals surface area contributed by atoms with Gasteiger partial charge in [-0.05, 0) is 80.2 Å². The summed E-state index contributed by atoms with van der Waals surface area (Å²) in [5, 5.41) is 3.72. The minimum Gasteiger partial charge on any atom is -0.466 e. The summed E-state index contributed by atoms with van der Waals surface area (Å²) in [7, 11) is 0. The fourth-order valence-electron chi connectivity index (χ4n) is 7.48. The fourth-order valence-corrected chi connectivity index (χ4v) is 7.61. The Bertz CT molecular complexity index is 1250. The summed E-state index contributed by atoms with van der Waals surface area (Å²) in [6.07, 6.45) is 8.50. The quantitative estimate of drug-likeness (QED) is 0.400. The predicted octanol–water partition coefficient (Wildman–Crippen LogP) is 5.38. The van der Waals surface area contributed by atoms with Gasteiger partial charge in [0, 0.05) is 30.6 Å². The number of piperidine rings is 1. The molecule has 226 valence electrons. The first-order chi connectivity index (χ1) is 20.3. The first-order valence-corrected chi connectivity index (χ1v) is 16.0. The monoisotopic (exact) mass is 593 g/mol. The topological polar surface area (TPSA) is 102 Å². The van der Waals surface area contributed by atoms with Crippen LogP contribution in [-0.4, -0.2) is 48.4 Å². The molecule has 3 N–H and O–H groups in total. The van der Waals surface area contributed by atoms with Crippen LogP contribution >= 0.6 is 11.6 Å². The minimum atomic E-state index is -0.743. The lowest BCUT2D eigenvalue weighted by atomic mass is 9.63. The van der Waals surface area contributed by atoms with Gasteiger partial charge < -0.3 is 20.7 Å². The van der Waals surface area contributed by atoms with E-state index in [2.05, 4.69) is 11.4 Å². The van der Waals surface area contributed by atoms with Gasteiger partial charge in [-0.25, -0.2) is 0 Å². The molecule has 1 aliphatic heterocycles. The average Bonchev–Trinajstić information content (AvgIpc) is 3.02. The molecule has 2 amide bonds. The zero-order chi connectivity index (χ0) is 29.7. The van der Waals surface area contributed by atoms with Crippen LogP contribution in [0.5, 0.6) is 0 Å². The number of fused-ring (bicyclic) bond motifs is 1. The van der Waals surface area contributed by atoms with Gasteiger partial charge >= 0.3 is 5.97 Å². The highest BCUT2D eigenvalue weighted by atomic mass is 35.5. The van der Waals surface area contributed by atoms with Crippen molar-refractivity contribution in [1.82, 2.24) is 10.2 Å². The molecule has 0 spiro atoms. The second kappa shape index (κ2) is 13.6. The van der Waals surface area contributed by atoms with E-state index < -0.39 is 23.4 Å². The summed E-state index contributed by atoms with van der Waals surface area (Å²) in [6, 6.07) is 14.2. The maximum atomic E-state index is 14.1.